The van der Waals surface area contributed by atoms with Crippen LogP contribution in [0.4, 0.5) is 0 Å². The maximum Gasteiger partial charge on any atom is 0.0791 e. The average Bonchev–Trinajstić information content (AvgIpc) is 2.26. The molecule has 96 valence electrons. The quantitative estimate of drug-likeness (QED) is 0.722. The maximum atomic E-state index is 9.76. The molecule has 1 unspecified atom stereocenters. The largest absolute Gasteiger partial charge is 0.390 e. The van der Waals surface area contributed by atoms with E-state index in [2.05, 4.69) is 12.2 Å². The number of nitrogens with one attached hydrogen (secondary N) is 1. The second-order valence-corrected chi connectivity index (χ2v) is 5.51. The Kier molecular flexibility index (Phi) is 6.32. The van der Waals surface area contributed by atoms with E-state index in [0.29, 0.717) is 6.04 Å². The number of likely N-dealkylation sites (N-methyl/N-ethyl adjacent to an activating group) is 1. The third-order valence-electron chi connectivity index (χ3n) is 3.61. The predicted octanol–water partition coefficient (Wildman–Crippen LogP) is 1.47. The van der Waals surface area contributed by atoms with Gasteiger partial charge in [-0.3, -0.25) is 0 Å². The maximum absolute atomic E-state index is 9.76. The minimum absolute atomic E-state index is 0.249. The van der Waals surface area contributed by atoms with E-state index in [1.807, 2.05) is 19.0 Å². The fourth-order valence-corrected chi connectivity index (χ4v) is 2.61. The Labute approximate surface area is 100 Å². The second kappa shape index (κ2) is 7.25. The summed E-state index contributed by atoms with van der Waals surface area (Å²) >= 11 is 0. The molecule has 1 aliphatic carbocycles. The highest BCUT2D eigenvalue weighted by atomic mass is 16.3. The molecular formula is C13H28N2O. The summed E-state index contributed by atoms with van der Waals surface area (Å²) < 4.78 is 0. The zero-order valence-corrected chi connectivity index (χ0v) is 11.1. The first-order chi connectivity index (χ1) is 7.59. The molecule has 1 aliphatic rings. The van der Waals surface area contributed by atoms with Crippen LogP contribution in [0.1, 0.15) is 39.0 Å². The van der Waals surface area contributed by atoms with E-state index < -0.39 is 0 Å². The lowest BCUT2D eigenvalue weighted by Crippen LogP contribution is -2.42. The molecule has 0 amide bonds. The van der Waals surface area contributed by atoms with Gasteiger partial charge in [0, 0.05) is 19.1 Å². The molecule has 2 atom stereocenters. The van der Waals surface area contributed by atoms with E-state index in [1.165, 1.54) is 32.1 Å². The van der Waals surface area contributed by atoms with Gasteiger partial charge in [-0.25, -0.2) is 0 Å². The molecule has 0 aliphatic heterocycles. The van der Waals surface area contributed by atoms with E-state index >= 15 is 0 Å². The van der Waals surface area contributed by atoms with Crippen molar-refractivity contribution < 1.29 is 5.11 Å². The zero-order chi connectivity index (χ0) is 12.0. The third kappa shape index (κ3) is 5.28. The molecule has 1 saturated carbocycles. The van der Waals surface area contributed by atoms with Crippen molar-refractivity contribution in [2.75, 3.05) is 27.2 Å². The second-order valence-electron chi connectivity index (χ2n) is 5.51. The van der Waals surface area contributed by atoms with E-state index in [1.54, 1.807) is 0 Å². The van der Waals surface area contributed by atoms with Gasteiger partial charge < -0.3 is 15.3 Å². The average molecular weight is 228 g/mol. The van der Waals surface area contributed by atoms with E-state index in [9.17, 15) is 5.11 Å². The Balaban J connectivity index is 2.15. The molecule has 0 aromatic rings. The molecule has 0 radical (unpaired) electrons. The SMILES string of the molecule is C[C@H](NCC(O)CN(C)C)C1CCCCC1. The van der Waals surface area contributed by atoms with Crippen LogP contribution in [0.3, 0.4) is 0 Å². The summed E-state index contributed by atoms with van der Waals surface area (Å²) in [5, 5.41) is 13.2. The summed E-state index contributed by atoms with van der Waals surface area (Å²) in [4.78, 5) is 2.03. The van der Waals surface area contributed by atoms with Crippen molar-refractivity contribution in [3.63, 3.8) is 0 Å². The molecular weight excluding hydrogens is 200 g/mol. The molecule has 3 nitrogen and oxygen atoms in total. The highest BCUT2D eigenvalue weighted by Crippen LogP contribution is 2.26. The number of nitrogens with zero attached hydrogens (tertiary/aromatic N) is 1. The fraction of sp³-hybridized carbons (Fsp3) is 1.00. The van der Waals surface area contributed by atoms with Gasteiger partial charge in [-0.2, -0.15) is 0 Å². The first-order valence-electron chi connectivity index (χ1n) is 6.65. The molecule has 1 rings (SSSR count). The molecule has 0 saturated heterocycles. The van der Waals surface area contributed by atoms with Crippen LogP contribution in [-0.4, -0.2) is 49.3 Å². The number of hydrogen-bond donors (Lipinski definition) is 2. The predicted molar refractivity (Wildman–Crippen MR) is 68.6 cm³/mol. The zero-order valence-electron chi connectivity index (χ0n) is 11.1. The molecule has 0 heterocycles. The van der Waals surface area contributed by atoms with Gasteiger partial charge in [0.1, 0.15) is 0 Å². The molecule has 3 heteroatoms. The monoisotopic (exact) mass is 228 g/mol. The smallest absolute Gasteiger partial charge is 0.0791 e. The third-order valence-corrected chi connectivity index (χ3v) is 3.61. The summed E-state index contributed by atoms with van der Waals surface area (Å²) in [5.41, 5.74) is 0. The summed E-state index contributed by atoms with van der Waals surface area (Å²) in [5.74, 6) is 0.820. The van der Waals surface area contributed by atoms with E-state index in [4.69, 9.17) is 0 Å². The van der Waals surface area contributed by atoms with Crippen LogP contribution in [0, 0.1) is 5.92 Å². The molecule has 0 spiro atoms. The normalized spacial score (nSPS) is 22.3. The lowest BCUT2D eigenvalue weighted by atomic mass is 9.84. The van der Waals surface area contributed by atoms with Crippen LogP contribution < -0.4 is 5.32 Å². The van der Waals surface area contributed by atoms with Gasteiger partial charge in [0.05, 0.1) is 6.10 Å². The van der Waals surface area contributed by atoms with Gasteiger partial charge in [-0.15, -0.1) is 0 Å². The minimum atomic E-state index is -0.249. The summed E-state index contributed by atoms with van der Waals surface area (Å²) in [6.45, 7) is 3.72. The van der Waals surface area contributed by atoms with Crippen molar-refractivity contribution >= 4 is 0 Å². The Morgan fingerprint density at radius 3 is 2.44 bits per heavy atom. The number of aliphatic hydroxyl groups excluding tert-OH is 1. The Hall–Kier alpha value is -0.120. The lowest BCUT2D eigenvalue weighted by molar-refractivity contribution is 0.126. The molecule has 0 bridgehead atoms. The Morgan fingerprint density at radius 2 is 1.88 bits per heavy atom. The summed E-state index contributed by atoms with van der Waals surface area (Å²) in [6.07, 6.45) is 6.65. The standard InChI is InChI=1S/C13H28N2O/c1-11(12-7-5-4-6-8-12)14-9-13(16)10-15(2)3/h11-14,16H,4-10H2,1-3H3/t11-,13?/m0/s1. The van der Waals surface area contributed by atoms with Crippen molar-refractivity contribution in [1.82, 2.24) is 10.2 Å². The van der Waals surface area contributed by atoms with Crippen molar-refractivity contribution in [1.29, 1.82) is 0 Å². The molecule has 2 N–H and O–H groups in total. The number of hydrogen-bond acceptors (Lipinski definition) is 3. The van der Waals surface area contributed by atoms with Gasteiger partial charge in [0.25, 0.3) is 0 Å². The molecule has 0 aromatic heterocycles. The van der Waals surface area contributed by atoms with E-state index in [-0.39, 0.29) is 6.10 Å². The number of aliphatic hydroxyl groups is 1. The van der Waals surface area contributed by atoms with Crippen LogP contribution in [-0.2, 0) is 0 Å². The van der Waals surface area contributed by atoms with Crippen LogP contribution in [0.25, 0.3) is 0 Å². The van der Waals surface area contributed by atoms with Gasteiger partial charge in [0.2, 0.25) is 0 Å². The minimum Gasteiger partial charge on any atom is -0.390 e. The molecule has 16 heavy (non-hydrogen) atoms. The van der Waals surface area contributed by atoms with Gasteiger partial charge in [-0.05, 0) is 39.8 Å². The highest BCUT2D eigenvalue weighted by molar-refractivity contribution is 4.77. The van der Waals surface area contributed by atoms with Crippen molar-refractivity contribution in [2.24, 2.45) is 5.92 Å². The number of rotatable bonds is 6. The first kappa shape index (κ1) is 13.9. The lowest BCUT2D eigenvalue weighted by Gasteiger charge is -2.29. The van der Waals surface area contributed by atoms with Crippen LogP contribution >= 0.6 is 0 Å². The van der Waals surface area contributed by atoms with Gasteiger partial charge in [-0.1, -0.05) is 19.3 Å². The molecule has 1 fully saturated rings. The van der Waals surface area contributed by atoms with Gasteiger partial charge in [0.15, 0.2) is 0 Å². The highest BCUT2D eigenvalue weighted by Gasteiger charge is 2.20. The summed E-state index contributed by atoms with van der Waals surface area (Å²) in [6, 6.07) is 0.553. The van der Waals surface area contributed by atoms with Crippen molar-refractivity contribution in [3.05, 3.63) is 0 Å². The van der Waals surface area contributed by atoms with Crippen LogP contribution in [0.15, 0.2) is 0 Å². The van der Waals surface area contributed by atoms with Crippen LogP contribution in [0.5, 0.6) is 0 Å². The Morgan fingerprint density at radius 1 is 1.25 bits per heavy atom. The first-order valence-corrected chi connectivity index (χ1v) is 6.65. The topological polar surface area (TPSA) is 35.5 Å². The summed E-state index contributed by atoms with van der Waals surface area (Å²) in [7, 11) is 3.99. The van der Waals surface area contributed by atoms with Crippen molar-refractivity contribution in [3.8, 4) is 0 Å². The van der Waals surface area contributed by atoms with Gasteiger partial charge >= 0.3 is 0 Å². The Bertz CT molecular complexity index is 179. The molecule has 0 aromatic carbocycles. The fourth-order valence-electron chi connectivity index (χ4n) is 2.61. The van der Waals surface area contributed by atoms with Crippen molar-refractivity contribution in [2.45, 2.75) is 51.2 Å². The van der Waals surface area contributed by atoms with E-state index in [0.717, 1.165) is 19.0 Å². The van der Waals surface area contributed by atoms with Crippen LogP contribution in [0.2, 0.25) is 0 Å².